The largest absolute Gasteiger partial charge is 0.311 e. The number of rotatable bonds is 6. The SMILES string of the molecule is O=c1ccccn1Cc1cc(Cn2ccccc2=O)cc(Cn2ccccc2=O)c1. The number of aromatic nitrogens is 3. The molecule has 4 rings (SSSR count). The minimum Gasteiger partial charge on any atom is -0.311 e. The van der Waals surface area contributed by atoms with Crippen LogP contribution in [0.5, 0.6) is 0 Å². The minimum atomic E-state index is -0.0805. The molecule has 0 unspecified atom stereocenters. The van der Waals surface area contributed by atoms with Crippen molar-refractivity contribution >= 4 is 0 Å². The second-order valence-electron chi connectivity index (χ2n) is 7.16. The Balaban J connectivity index is 1.73. The Labute approximate surface area is 172 Å². The van der Waals surface area contributed by atoms with E-state index in [0.29, 0.717) is 19.6 Å². The van der Waals surface area contributed by atoms with Crippen molar-refractivity contribution in [2.24, 2.45) is 0 Å². The summed E-state index contributed by atoms with van der Waals surface area (Å²) in [6.45, 7) is 1.23. The quantitative estimate of drug-likeness (QED) is 0.500. The van der Waals surface area contributed by atoms with E-state index in [9.17, 15) is 14.4 Å². The lowest BCUT2D eigenvalue weighted by Crippen LogP contribution is -2.21. The molecule has 0 saturated heterocycles. The van der Waals surface area contributed by atoms with Gasteiger partial charge in [0.15, 0.2) is 0 Å². The lowest BCUT2D eigenvalue weighted by atomic mass is 10.0. The highest BCUT2D eigenvalue weighted by Crippen LogP contribution is 2.14. The van der Waals surface area contributed by atoms with Crippen LogP contribution < -0.4 is 16.7 Å². The van der Waals surface area contributed by atoms with E-state index in [4.69, 9.17) is 0 Å². The highest BCUT2D eigenvalue weighted by molar-refractivity contribution is 5.31. The van der Waals surface area contributed by atoms with Crippen LogP contribution in [0.3, 0.4) is 0 Å². The molecule has 6 nitrogen and oxygen atoms in total. The van der Waals surface area contributed by atoms with Crippen molar-refractivity contribution in [3.63, 3.8) is 0 Å². The van der Waals surface area contributed by atoms with E-state index in [1.165, 1.54) is 18.2 Å². The van der Waals surface area contributed by atoms with Gasteiger partial charge in [-0.25, -0.2) is 0 Å². The monoisotopic (exact) mass is 399 g/mol. The van der Waals surface area contributed by atoms with E-state index in [2.05, 4.69) is 0 Å². The summed E-state index contributed by atoms with van der Waals surface area (Å²) in [5, 5.41) is 0. The molecule has 150 valence electrons. The Morgan fingerprint density at radius 3 is 1.03 bits per heavy atom. The third kappa shape index (κ3) is 4.55. The summed E-state index contributed by atoms with van der Waals surface area (Å²) in [5.41, 5.74) is 2.56. The Morgan fingerprint density at radius 1 is 0.467 bits per heavy atom. The molecule has 1 aromatic carbocycles. The van der Waals surface area contributed by atoms with Crippen LogP contribution in [0.2, 0.25) is 0 Å². The zero-order valence-electron chi connectivity index (χ0n) is 16.3. The molecule has 4 aromatic rings. The molecule has 0 aliphatic heterocycles. The summed E-state index contributed by atoms with van der Waals surface area (Å²) in [4.78, 5) is 36.4. The van der Waals surface area contributed by atoms with Gasteiger partial charge in [-0.1, -0.05) is 36.4 Å². The van der Waals surface area contributed by atoms with E-state index < -0.39 is 0 Å². The maximum absolute atomic E-state index is 12.1. The summed E-state index contributed by atoms with van der Waals surface area (Å²) in [6.07, 6.45) is 5.24. The van der Waals surface area contributed by atoms with Crippen LogP contribution in [0.1, 0.15) is 16.7 Å². The highest BCUT2D eigenvalue weighted by Gasteiger charge is 2.06. The van der Waals surface area contributed by atoms with Crippen LogP contribution in [-0.4, -0.2) is 13.7 Å². The molecule has 3 heterocycles. The summed E-state index contributed by atoms with van der Waals surface area (Å²) in [5.74, 6) is 0. The predicted molar refractivity (Wildman–Crippen MR) is 116 cm³/mol. The average Bonchev–Trinajstić information content (AvgIpc) is 2.73. The first-order valence-electron chi connectivity index (χ1n) is 9.67. The van der Waals surface area contributed by atoms with Gasteiger partial charge in [0.05, 0.1) is 19.6 Å². The number of pyridine rings is 3. The molecule has 30 heavy (non-hydrogen) atoms. The second-order valence-corrected chi connectivity index (χ2v) is 7.16. The fourth-order valence-electron chi connectivity index (χ4n) is 3.48. The van der Waals surface area contributed by atoms with Gasteiger partial charge < -0.3 is 13.7 Å². The first-order valence-corrected chi connectivity index (χ1v) is 9.67. The summed E-state index contributed by atoms with van der Waals surface area (Å²) in [7, 11) is 0. The molecule has 0 fully saturated rings. The van der Waals surface area contributed by atoms with Gasteiger partial charge in [0.25, 0.3) is 16.7 Å². The van der Waals surface area contributed by atoms with Crippen LogP contribution in [0.15, 0.2) is 106 Å². The Hall–Kier alpha value is -3.93. The van der Waals surface area contributed by atoms with Crippen molar-refractivity contribution in [1.82, 2.24) is 13.7 Å². The zero-order valence-corrected chi connectivity index (χ0v) is 16.3. The van der Waals surface area contributed by atoms with E-state index >= 15 is 0 Å². The van der Waals surface area contributed by atoms with Gasteiger partial charge in [-0.3, -0.25) is 14.4 Å². The van der Waals surface area contributed by atoms with Crippen molar-refractivity contribution in [3.8, 4) is 0 Å². The van der Waals surface area contributed by atoms with Gasteiger partial charge >= 0.3 is 0 Å². The smallest absolute Gasteiger partial charge is 0.250 e. The summed E-state index contributed by atoms with van der Waals surface area (Å²) < 4.78 is 4.89. The number of nitrogens with zero attached hydrogens (tertiary/aromatic N) is 3. The van der Waals surface area contributed by atoms with Gasteiger partial charge in [-0.05, 0) is 34.9 Å². The molecule has 0 bridgehead atoms. The minimum absolute atomic E-state index is 0.0805. The molecule has 0 saturated carbocycles. The molecule has 0 aliphatic rings. The van der Waals surface area contributed by atoms with E-state index in [0.717, 1.165) is 16.7 Å². The molecule has 0 spiro atoms. The third-order valence-electron chi connectivity index (χ3n) is 4.87. The van der Waals surface area contributed by atoms with Crippen molar-refractivity contribution in [2.45, 2.75) is 19.6 Å². The second kappa shape index (κ2) is 8.61. The summed E-state index contributed by atoms with van der Waals surface area (Å²) >= 11 is 0. The molecule has 6 heteroatoms. The Bertz CT molecular complexity index is 1170. The highest BCUT2D eigenvalue weighted by atomic mass is 16.1. The van der Waals surface area contributed by atoms with Crippen LogP contribution in [0, 0.1) is 0 Å². The maximum atomic E-state index is 12.1. The van der Waals surface area contributed by atoms with Gasteiger partial charge in [0.1, 0.15) is 0 Å². The normalized spacial score (nSPS) is 10.8. The Morgan fingerprint density at radius 2 is 0.767 bits per heavy atom. The van der Waals surface area contributed by atoms with Crippen LogP contribution >= 0.6 is 0 Å². The van der Waals surface area contributed by atoms with Gasteiger partial charge in [-0.15, -0.1) is 0 Å². The molecule has 0 atom stereocenters. The fourth-order valence-corrected chi connectivity index (χ4v) is 3.48. The molecule has 0 radical (unpaired) electrons. The third-order valence-corrected chi connectivity index (χ3v) is 4.87. The van der Waals surface area contributed by atoms with Crippen molar-refractivity contribution in [1.29, 1.82) is 0 Å². The zero-order chi connectivity index (χ0) is 20.9. The average molecular weight is 399 g/mol. The van der Waals surface area contributed by atoms with Gasteiger partial charge in [0.2, 0.25) is 0 Å². The lowest BCUT2D eigenvalue weighted by Gasteiger charge is -2.13. The molecular formula is C24H21N3O3. The standard InChI is InChI=1S/C24H21N3O3/c28-22-7-1-4-10-25(22)16-19-13-20(17-26-11-5-2-8-23(26)29)15-21(14-19)18-27-12-6-3-9-24(27)30/h1-15H,16-18H2. The fraction of sp³-hybridized carbons (Fsp3) is 0.125. The number of benzene rings is 1. The van der Waals surface area contributed by atoms with Crippen LogP contribution in [0.25, 0.3) is 0 Å². The molecular weight excluding hydrogens is 378 g/mol. The topological polar surface area (TPSA) is 66.0 Å². The van der Waals surface area contributed by atoms with Crippen molar-refractivity contribution in [3.05, 3.63) is 139 Å². The molecule has 3 aromatic heterocycles. The molecule has 0 aliphatic carbocycles. The predicted octanol–water partition coefficient (Wildman–Crippen LogP) is 2.32. The van der Waals surface area contributed by atoms with E-state index in [-0.39, 0.29) is 16.7 Å². The molecule has 0 N–H and O–H groups in total. The van der Waals surface area contributed by atoms with Crippen molar-refractivity contribution < 1.29 is 0 Å². The van der Waals surface area contributed by atoms with Gasteiger partial charge in [-0.2, -0.15) is 0 Å². The Kier molecular flexibility index (Phi) is 5.57. The van der Waals surface area contributed by atoms with Crippen molar-refractivity contribution in [2.75, 3.05) is 0 Å². The van der Waals surface area contributed by atoms with Gasteiger partial charge in [0, 0.05) is 36.8 Å². The van der Waals surface area contributed by atoms with Crippen LogP contribution in [0.4, 0.5) is 0 Å². The lowest BCUT2D eigenvalue weighted by molar-refractivity contribution is 0.726. The van der Waals surface area contributed by atoms with E-state index in [1.54, 1.807) is 50.5 Å². The number of hydrogen-bond acceptors (Lipinski definition) is 3. The van der Waals surface area contributed by atoms with Crippen LogP contribution in [-0.2, 0) is 19.6 Å². The first-order chi connectivity index (χ1) is 14.6. The number of hydrogen-bond donors (Lipinski definition) is 0. The molecule has 0 amide bonds. The summed E-state index contributed by atoms with van der Waals surface area (Å²) in [6, 6.07) is 21.2. The maximum Gasteiger partial charge on any atom is 0.250 e. The van der Waals surface area contributed by atoms with E-state index in [1.807, 2.05) is 36.4 Å². The first kappa shape index (κ1) is 19.4.